The summed E-state index contributed by atoms with van der Waals surface area (Å²) in [6, 6.07) is 19.8. The quantitative estimate of drug-likeness (QED) is 0.788. The number of aliphatic hydroxyl groups excluding tert-OH is 1. The van der Waals surface area contributed by atoms with Crippen LogP contribution in [0.3, 0.4) is 0 Å². The lowest BCUT2D eigenvalue weighted by Gasteiger charge is -2.34. The number of benzene rings is 2. The first kappa shape index (κ1) is 16.7. The van der Waals surface area contributed by atoms with E-state index in [0.29, 0.717) is 0 Å². The molecule has 3 rings (SSSR count). The fraction of sp³-hybridized carbons (Fsp3) is 0.350. The lowest BCUT2D eigenvalue weighted by molar-refractivity contribution is -0.124. The van der Waals surface area contributed by atoms with Crippen LogP contribution in [-0.4, -0.2) is 36.8 Å². The number of nitrogens with one attached hydrogen (secondary N) is 2. The summed E-state index contributed by atoms with van der Waals surface area (Å²) in [6.45, 7) is 1.56. The van der Waals surface area contributed by atoms with Gasteiger partial charge in [-0.15, -0.1) is 0 Å². The van der Waals surface area contributed by atoms with Crippen molar-refractivity contribution in [3.63, 3.8) is 0 Å². The van der Waals surface area contributed by atoms with Gasteiger partial charge in [-0.05, 0) is 24.1 Å². The van der Waals surface area contributed by atoms with Gasteiger partial charge in [-0.2, -0.15) is 0 Å². The zero-order chi connectivity index (χ0) is 16.8. The molecule has 0 spiro atoms. The second-order valence-electron chi connectivity index (χ2n) is 6.27. The molecule has 1 aliphatic rings. The molecular weight excluding hydrogens is 300 g/mol. The van der Waals surface area contributed by atoms with Gasteiger partial charge in [-0.1, -0.05) is 60.7 Å². The smallest absolute Gasteiger partial charge is 0.230 e. The van der Waals surface area contributed by atoms with Crippen LogP contribution in [-0.2, 0) is 4.79 Å². The van der Waals surface area contributed by atoms with Crippen molar-refractivity contribution in [3.8, 4) is 0 Å². The molecule has 3 unspecified atom stereocenters. The van der Waals surface area contributed by atoms with Crippen molar-refractivity contribution in [2.75, 3.05) is 19.7 Å². The van der Waals surface area contributed by atoms with E-state index in [4.69, 9.17) is 0 Å². The Hall–Kier alpha value is -2.17. The standard InChI is InChI=1S/C20H24N2O2/c23-14-18(16-9-5-2-6-10-16)20(24)22-19-11-12-21-13-17(19)15-7-3-1-4-8-15/h1-10,17-19,21,23H,11-14H2,(H,22,24). The van der Waals surface area contributed by atoms with Gasteiger partial charge < -0.3 is 15.7 Å². The Balaban J connectivity index is 1.74. The van der Waals surface area contributed by atoms with Crippen LogP contribution in [0.4, 0.5) is 0 Å². The number of aliphatic hydroxyl groups is 1. The maximum atomic E-state index is 12.7. The third kappa shape index (κ3) is 3.83. The average molecular weight is 324 g/mol. The van der Waals surface area contributed by atoms with Crippen LogP contribution >= 0.6 is 0 Å². The Bertz CT molecular complexity index is 645. The molecule has 2 aromatic carbocycles. The maximum Gasteiger partial charge on any atom is 0.230 e. The largest absolute Gasteiger partial charge is 0.395 e. The third-order valence-electron chi connectivity index (χ3n) is 4.74. The second kappa shape index (κ2) is 8.08. The molecule has 3 N–H and O–H groups in total. The number of piperidine rings is 1. The van der Waals surface area contributed by atoms with Gasteiger partial charge in [-0.3, -0.25) is 4.79 Å². The number of hydrogen-bond donors (Lipinski definition) is 3. The highest BCUT2D eigenvalue weighted by atomic mass is 16.3. The first-order valence-electron chi connectivity index (χ1n) is 8.51. The predicted octanol–water partition coefficient (Wildman–Crippen LogP) is 2.02. The summed E-state index contributed by atoms with van der Waals surface area (Å²) in [5.41, 5.74) is 2.08. The molecule has 0 aromatic heterocycles. The summed E-state index contributed by atoms with van der Waals surface area (Å²) in [7, 11) is 0. The highest BCUT2D eigenvalue weighted by Gasteiger charge is 2.30. The second-order valence-corrected chi connectivity index (χ2v) is 6.27. The minimum atomic E-state index is -0.516. The monoisotopic (exact) mass is 324 g/mol. The molecule has 3 atom stereocenters. The summed E-state index contributed by atoms with van der Waals surface area (Å²) in [5, 5.41) is 16.3. The highest BCUT2D eigenvalue weighted by molar-refractivity contribution is 5.84. The molecule has 0 radical (unpaired) electrons. The minimum absolute atomic E-state index is 0.0823. The van der Waals surface area contributed by atoms with Crippen LogP contribution in [0.2, 0.25) is 0 Å². The number of carbonyl (C=O) groups excluding carboxylic acids is 1. The molecule has 24 heavy (non-hydrogen) atoms. The Morgan fingerprint density at radius 1 is 1.12 bits per heavy atom. The fourth-order valence-electron chi connectivity index (χ4n) is 3.39. The molecule has 2 aromatic rings. The number of hydrogen-bond acceptors (Lipinski definition) is 3. The van der Waals surface area contributed by atoms with Gasteiger partial charge in [0.15, 0.2) is 0 Å². The van der Waals surface area contributed by atoms with Gasteiger partial charge >= 0.3 is 0 Å². The fourth-order valence-corrected chi connectivity index (χ4v) is 3.39. The van der Waals surface area contributed by atoms with Crippen LogP contribution in [0.15, 0.2) is 60.7 Å². The molecular formula is C20H24N2O2. The SMILES string of the molecule is O=C(NC1CCNCC1c1ccccc1)C(CO)c1ccccc1. The normalized spacial score (nSPS) is 21.9. The zero-order valence-electron chi connectivity index (χ0n) is 13.7. The van der Waals surface area contributed by atoms with Crippen LogP contribution in [0.25, 0.3) is 0 Å². The van der Waals surface area contributed by atoms with Gasteiger partial charge in [0.2, 0.25) is 5.91 Å². The van der Waals surface area contributed by atoms with Crippen molar-refractivity contribution in [2.24, 2.45) is 0 Å². The van der Waals surface area contributed by atoms with Crippen molar-refractivity contribution in [2.45, 2.75) is 24.3 Å². The molecule has 0 bridgehead atoms. The average Bonchev–Trinajstić information content (AvgIpc) is 2.64. The Morgan fingerprint density at radius 3 is 2.46 bits per heavy atom. The summed E-state index contributed by atoms with van der Waals surface area (Å²) < 4.78 is 0. The van der Waals surface area contributed by atoms with Gasteiger partial charge in [0.25, 0.3) is 0 Å². The van der Waals surface area contributed by atoms with Crippen molar-refractivity contribution in [1.82, 2.24) is 10.6 Å². The van der Waals surface area contributed by atoms with Crippen molar-refractivity contribution >= 4 is 5.91 Å². The van der Waals surface area contributed by atoms with Crippen molar-refractivity contribution in [3.05, 3.63) is 71.8 Å². The Morgan fingerprint density at radius 2 is 1.79 bits per heavy atom. The molecule has 1 amide bonds. The van der Waals surface area contributed by atoms with Crippen LogP contribution < -0.4 is 10.6 Å². The van der Waals surface area contributed by atoms with Gasteiger partial charge in [0.1, 0.15) is 0 Å². The minimum Gasteiger partial charge on any atom is -0.395 e. The van der Waals surface area contributed by atoms with Gasteiger partial charge in [0, 0.05) is 18.5 Å². The molecule has 0 saturated carbocycles. The molecule has 4 nitrogen and oxygen atoms in total. The molecule has 1 saturated heterocycles. The first-order chi connectivity index (χ1) is 11.8. The summed E-state index contributed by atoms with van der Waals surface area (Å²) in [5.74, 6) is -0.368. The molecule has 4 heteroatoms. The molecule has 0 aliphatic carbocycles. The van der Waals surface area contributed by atoms with E-state index < -0.39 is 5.92 Å². The van der Waals surface area contributed by atoms with E-state index in [-0.39, 0.29) is 24.5 Å². The molecule has 126 valence electrons. The predicted molar refractivity (Wildman–Crippen MR) is 94.9 cm³/mol. The highest BCUT2D eigenvalue weighted by Crippen LogP contribution is 2.25. The topological polar surface area (TPSA) is 61.4 Å². The van der Waals surface area contributed by atoms with E-state index in [1.807, 2.05) is 48.5 Å². The molecule has 1 fully saturated rings. The molecule has 1 aliphatic heterocycles. The number of amides is 1. The van der Waals surface area contributed by atoms with Crippen molar-refractivity contribution < 1.29 is 9.90 Å². The lowest BCUT2D eigenvalue weighted by atomic mass is 9.86. The third-order valence-corrected chi connectivity index (χ3v) is 4.74. The Labute approximate surface area is 142 Å². The van der Waals surface area contributed by atoms with E-state index in [1.165, 1.54) is 5.56 Å². The van der Waals surface area contributed by atoms with Gasteiger partial charge in [-0.25, -0.2) is 0 Å². The van der Waals surface area contributed by atoms with Gasteiger partial charge in [0.05, 0.1) is 12.5 Å². The van der Waals surface area contributed by atoms with Crippen molar-refractivity contribution in [1.29, 1.82) is 0 Å². The van der Waals surface area contributed by atoms with E-state index in [0.717, 1.165) is 25.1 Å². The molecule has 1 heterocycles. The van der Waals surface area contributed by atoms with Crippen LogP contribution in [0, 0.1) is 0 Å². The zero-order valence-corrected chi connectivity index (χ0v) is 13.7. The van der Waals surface area contributed by atoms with Crippen LogP contribution in [0.1, 0.15) is 29.4 Å². The summed E-state index contributed by atoms with van der Waals surface area (Å²) in [6.07, 6.45) is 0.887. The maximum absolute atomic E-state index is 12.7. The van der Waals surface area contributed by atoms with E-state index in [2.05, 4.69) is 22.8 Å². The first-order valence-corrected chi connectivity index (χ1v) is 8.51. The number of rotatable bonds is 5. The summed E-state index contributed by atoms with van der Waals surface area (Å²) in [4.78, 5) is 12.7. The van der Waals surface area contributed by atoms with Crippen LogP contribution in [0.5, 0.6) is 0 Å². The number of carbonyl (C=O) groups is 1. The van der Waals surface area contributed by atoms with E-state index in [1.54, 1.807) is 0 Å². The van der Waals surface area contributed by atoms with E-state index >= 15 is 0 Å². The lowest BCUT2D eigenvalue weighted by Crippen LogP contribution is -2.49. The summed E-state index contributed by atoms with van der Waals surface area (Å²) >= 11 is 0. The van der Waals surface area contributed by atoms with E-state index in [9.17, 15) is 9.90 Å². The Kier molecular flexibility index (Phi) is 5.62.